The molecule has 1 aromatic rings. The molecule has 1 fully saturated rings. The molecule has 1 aliphatic rings. The van der Waals surface area contributed by atoms with Crippen LogP contribution in [0.3, 0.4) is 0 Å². The van der Waals surface area contributed by atoms with E-state index >= 15 is 0 Å². The molecule has 0 aliphatic carbocycles. The molecule has 0 spiro atoms. The smallest absolute Gasteiger partial charge is 0.0512 e. The first-order valence-electron chi connectivity index (χ1n) is 5.47. The fourth-order valence-corrected chi connectivity index (χ4v) is 1.99. The highest BCUT2D eigenvalue weighted by Gasteiger charge is 2.17. The van der Waals surface area contributed by atoms with E-state index in [2.05, 4.69) is 29.1 Å². The van der Waals surface area contributed by atoms with Crippen LogP contribution in [0, 0.1) is 12.8 Å². The van der Waals surface area contributed by atoms with E-state index in [9.17, 15) is 0 Å². The molecule has 2 heterocycles. The number of hydrogen-bond acceptors (Lipinski definition) is 3. The molecule has 1 unspecified atom stereocenters. The van der Waals surface area contributed by atoms with E-state index in [0.29, 0.717) is 5.92 Å². The third-order valence-corrected chi connectivity index (χ3v) is 2.88. The Kier molecular flexibility index (Phi) is 3.21. The molecule has 0 amide bonds. The van der Waals surface area contributed by atoms with Crippen molar-refractivity contribution >= 4 is 5.69 Å². The largest absolute Gasteiger partial charge is 0.381 e. The van der Waals surface area contributed by atoms with E-state index in [1.165, 1.54) is 12.1 Å². The van der Waals surface area contributed by atoms with Gasteiger partial charge in [-0.15, -0.1) is 0 Å². The van der Waals surface area contributed by atoms with Crippen LogP contribution >= 0.6 is 0 Å². The molecule has 2 rings (SSSR count). The number of pyridine rings is 1. The van der Waals surface area contributed by atoms with Gasteiger partial charge in [0.25, 0.3) is 0 Å². The van der Waals surface area contributed by atoms with E-state index in [1.54, 1.807) is 0 Å². The molecule has 1 saturated heterocycles. The summed E-state index contributed by atoms with van der Waals surface area (Å²) in [4.78, 5) is 6.49. The van der Waals surface area contributed by atoms with Gasteiger partial charge in [0.1, 0.15) is 0 Å². The van der Waals surface area contributed by atoms with Crippen LogP contribution in [0.2, 0.25) is 0 Å². The number of rotatable bonds is 3. The van der Waals surface area contributed by atoms with Gasteiger partial charge in [-0.25, -0.2) is 0 Å². The van der Waals surface area contributed by atoms with Gasteiger partial charge < -0.3 is 9.64 Å². The van der Waals surface area contributed by atoms with Crippen molar-refractivity contribution in [3.8, 4) is 0 Å². The monoisotopic (exact) mass is 206 g/mol. The second-order valence-corrected chi connectivity index (χ2v) is 4.27. The van der Waals surface area contributed by atoms with Crippen LogP contribution in [0.1, 0.15) is 12.1 Å². The number of nitrogens with zero attached hydrogens (tertiary/aromatic N) is 2. The summed E-state index contributed by atoms with van der Waals surface area (Å²) in [7, 11) is 2.13. The van der Waals surface area contributed by atoms with Gasteiger partial charge in [-0.1, -0.05) is 0 Å². The highest BCUT2D eigenvalue weighted by Crippen LogP contribution is 2.18. The van der Waals surface area contributed by atoms with Crippen molar-refractivity contribution < 1.29 is 4.74 Å². The van der Waals surface area contributed by atoms with Gasteiger partial charge in [-0.3, -0.25) is 4.98 Å². The molecule has 82 valence electrons. The minimum atomic E-state index is 0.684. The molecule has 0 radical (unpaired) electrons. The minimum Gasteiger partial charge on any atom is -0.381 e. The van der Waals surface area contributed by atoms with Crippen LogP contribution in [0.5, 0.6) is 0 Å². The molecule has 1 atom stereocenters. The van der Waals surface area contributed by atoms with Gasteiger partial charge in [0, 0.05) is 43.7 Å². The first-order chi connectivity index (χ1) is 7.25. The molecule has 0 N–H and O–H groups in total. The van der Waals surface area contributed by atoms with Crippen molar-refractivity contribution in [2.75, 3.05) is 31.7 Å². The molecular weight excluding hydrogens is 188 g/mol. The summed E-state index contributed by atoms with van der Waals surface area (Å²) in [6.45, 7) is 4.93. The Labute approximate surface area is 91.1 Å². The minimum absolute atomic E-state index is 0.684. The molecule has 15 heavy (non-hydrogen) atoms. The third kappa shape index (κ3) is 2.69. The molecular formula is C12H18N2O. The van der Waals surface area contributed by atoms with Gasteiger partial charge >= 0.3 is 0 Å². The average molecular weight is 206 g/mol. The number of aromatic nitrogens is 1. The first kappa shape index (κ1) is 10.4. The SMILES string of the molecule is Cc1cc(N(C)CC2CCOC2)ccn1. The fourth-order valence-electron chi connectivity index (χ4n) is 1.99. The number of hydrogen-bond donors (Lipinski definition) is 0. The highest BCUT2D eigenvalue weighted by molar-refractivity contribution is 5.45. The average Bonchev–Trinajstić information content (AvgIpc) is 2.70. The van der Waals surface area contributed by atoms with Gasteiger partial charge in [-0.05, 0) is 25.5 Å². The zero-order valence-corrected chi connectivity index (χ0v) is 9.44. The molecule has 0 bridgehead atoms. The summed E-state index contributed by atoms with van der Waals surface area (Å²) in [6, 6.07) is 4.18. The lowest BCUT2D eigenvalue weighted by Crippen LogP contribution is -2.25. The van der Waals surface area contributed by atoms with Crippen molar-refractivity contribution in [3.63, 3.8) is 0 Å². The fraction of sp³-hybridized carbons (Fsp3) is 0.583. The Morgan fingerprint density at radius 1 is 1.60 bits per heavy atom. The van der Waals surface area contributed by atoms with Crippen LogP contribution in [-0.2, 0) is 4.74 Å². The van der Waals surface area contributed by atoms with Crippen molar-refractivity contribution in [2.45, 2.75) is 13.3 Å². The van der Waals surface area contributed by atoms with Crippen molar-refractivity contribution in [1.29, 1.82) is 0 Å². The summed E-state index contributed by atoms with van der Waals surface area (Å²) in [5, 5.41) is 0. The van der Waals surface area contributed by atoms with Crippen LogP contribution in [0.25, 0.3) is 0 Å². The van der Waals surface area contributed by atoms with E-state index in [1.807, 2.05) is 13.1 Å². The summed E-state index contributed by atoms with van der Waals surface area (Å²) in [6.07, 6.45) is 3.06. The lowest BCUT2D eigenvalue weighted by atomic mass is 10.1. The molecule has 0 aromatic carbocycles. The second kappa shape index (κ2) is 4.62. The zero-order chi connectivity index (χ0) is 10.7. The van der Waals surface area contributed by atoms with E-state index in [-0.39, 0.29) is 0 Å². The topological polar surface area (TPSA) is 25.4 Å². The second-order valence-electron chi connectivity index (χ2n) is 4.27. The van der Waals surface area contributed by atoms with E-state index in [4.69, 9.17) is 4.74 Å². The summed E-state index contributed by atoms with van der Waals surface area (Å²) >= 11 is 0. The standard InChI is InChI=1S/C12H18N2O/c1-10-7-12(3-5-13-10)14(2)8-11-4-6-15-9-11/h3,5,7,11H,4,6,8-9H2,1-2H3. The normalized spacial score (nSPS) is 20.5. The lowest BCUT2D eigenvalue weighted by Gasteiger charge is -2.22. The Morgan fingerprint density at radius 3 is 3.13 bits per heavy atom. The Hall–Kier alpha value is -1.09. The summed E-state index contributed by atoms with van der Waals surface area (Å²) in [5.74, 6) is 0.684. The molecule has 0 saturated carbocycles. The third-order valence-electron chi connectivity index (χ3n) is 2.88. The maximum absolute atomic E-state index is 5.38. The Bertz CT molecular complexity index is 321. The molecule has 1 aliphatic heterocycles. The molecule has 3 nitrogen and oxygen atoms in total. The van der Waals surface area contributed by atoms with Crippen molar-refractivity contribution in [2.24, 2.45) is 5.92 Å². The maximum Gasteiger partial charge on any atom is 0.0512 e. The van der Waals surface area contributed by atoms with Crippen LogP contribution in [-0.4, -0.2) is 31.8 Å². The van der Waals surface area contributed by atoms with E-state index < -0.39 is 0 Å². The van der Waals surface area contributed by atoms with Gasteiger partial charge in [0.05, 0.1) is 6.61 Å². The predicted molar refractivity (Wildman–Crippen MR) is 61.2 cm³/mol. The zero-order valence-electron chi connectivity index (χ0n) is 9.44. The van der Waals surface area contributed by atoms with E-state index in [0.717, 1.165) is 25.5 Å². The quantitative estimate of drug-likeness (QED) is 0.755. The van der Waals surface area contributed by atoms with Crippen molar-refractivity contribution in [3.05, 3.63) is 24.0 Å². The maximum atomic E-state index is 5.38. The number of anilines is 1. The first-order valence-corrected chi connectivity index (χ1v) is 5.47. The number of ether oxygens (including phenoxy) is 1. The van der Waals surface area contributed by atoms with Gasteiger partial charge in [0.2, 0.25) is 0 Å². The van der Waals surface area contributed by atoms with Crippen LogP contribution in [0.15, 0.2) is 18.3 Å². The van der Waals surface area contributed by atoms with Crippen LogP contribution in [0.4, 0.5) is 5.69 Å². The predicted octanol–water partition coefficient (Wildman–Crippen LogP) is 1.86. The lowest BCUT2D eigenvalue weighted by molar-refractivity contribution is 0.186. The molecule has 3 heteroatoms. The van der Waals surface area contributed by atoms with Gasteiger partial charge in [0.15, 0.2) is 0 Å². The summed E-state index contributed by atoms with van der Waals surface area (Å²) < 4.78 is 5.38. The Morgan fingerprint density at radius 2 is 2.47 bits per heavy atom. The van der Waals surface area contributed by atoms with Crippen molar-refractivity contribution in [1.82, 2.24) is 4.98 Å². The Balaban J connectivity index is 1.97. The van der Waals surface area contributed by atoms with Crippen LogP contribution < -0.4 is 4.90 Å². The number of aryl methyl sites for hydroxylation is 1. The summed E-state index contributed by atoms with van der Waals surface area (Å²) in [5.41, 5.74) is 2.32. The highest BCUT2D eigenvalue weighted by atomic mass is 16.5. The van der Waals surface area contributed by atoms with Gasteiger partial charge in [-0.2, -0.15) is 0 Å². The molecule has 1 aromatic heterocycles.